The molecule has 0 unspecified atom stereocenters. The first-order valence-corrected chi connectivity index (χ1v) is 12.6. The third-order valence-electron chi connectivity index (χ3n) is 4.28. The summed E-state index contributed by atoms with van der Waals surface area (Å²) < 4.78 is 0. The predicted octanol–water partition coefficient (Wildman–Crippen LogP) is 2.38. The summed E-state index contributed by atoms with van der Waals surface area (Å²) >= 11 is 0. The van der Waals surface area contributed by atoms with E-state index in [0.29, 0.717) is 0 Å². The fourth-order valence-corrected chi connectivity index (χ4v) is 12.6. The maximum Gasteiger partial charge on any atom is 0.175 e. The van der Waals surface area contributed by atoms with Crippen molar-refractivity contribution >= 4 is 25.6 Å². The van der Waals surface area contributed by atoms with E-state index in [1.165, 1.54) is 10.4 Å². The van der Waals surface area contributed by atoms with Gasteiger partial charge in [-0.05, 0) is 10.4 Å². The Morgan fingerprint density at radius 1 is 0.650 bits per heavy atom. The van der Waals surface area contributed by atoms with Crippen LogP contribution in [0.1, 0.15) is 0 Å². The molecule has 2 rings (SSSR count). The second kappa shape index (κ2) is 5.55. The van der Waals surface area contributed by atoms with Gasteiger partial charge in [-0.2, -0.15) is 0 Å². The lowest BCUT2D eigenvalue weighted by Crippen LogP contribution is -2.71. The molecule has 0 aliphatic rings. The Hall–Kier alpha value is -2.01. The lowest BCUT2D eigenvalue weighted by molar-refractivity contribution is 1.72. The highest BCUT2D eigenvalue weighted by molar-refractivity contribution is 7.56. The van der Waals surface area contributed by atoms with E-state index in [2.05, 4.69) is 48.4 Å². The molecule has 0 fully saturated rings. The average Bonchev–Trinajstić information content (AvgIpc) is 2.54. The van der Waals surface area contributed by atoms with E-state index < -0.39 is 15.2 Å². The summed E-state index contributed by atoms with van der Waals surface area (Å²) in [5, 5.41) is 2.52. The fourth-order valence-electron chi connectivity index (χ4n) is 2.58. The molecule has 2 heteroatoms. The highest BCUT2D eigenvalue weighted by Gasteiger charge is 2.49. The van der Waals surface area contributed by atoms with Crippen LogP contribution in [0.15, 0.2) is 60.7 Å². The molecular formula is C18H18Si2. The van der Waals surface area contributed by atoms with Crippen molar-refractivity contribution in [1.82, 2.24) is 0 Å². The number of hydrogen-bond donors (Lipinski definition) is 0. The molecule has 0 bridgehead atoms. The normalized spacial score (nSPS) is 16.2. The maximum atomic E-state index is 5.99. The van der Waals surface area contributed by atoms with Crippen molar-refractivity contribution in [3.63, 3.8) is 0 Å². The van der Waals surface area contributed by atoms with E-state index >= 15 is 0 Å². The Morgan fingerprint density at radius 3 is 1.20 bits per heavy atom. The minimum Gasteiger partial charge on any atom is -0.131 e. The number of rotatable bonds is 3. The third-order valence-corrected chi connectivity index (χ3v) is 19.0. The number of hydrogen-bond acceptors (Lipinski definition) is 0. The van der Waals surface area contributed by atoms with Gasteiger partial charge >= 0.3 is 0 Å². The van der Waals surface area contributed by atoms with E-state index in [1.54, 1.807) is 0 Å². The van der Waals surface area contributed by atoms with Gasteiger partial charge in [0.1, 0.15) is 0 Å². The van der Waals surface area contributed by atoms with Crippen molar-refractivity contribution in [1.29, 1.82) is 0 Å². The molecule has 2 atom stereocenters. The molecular weight excluding hydrogens is 272 g/mol. The van der Waals surface area contributed by atoms with Gasteiger partial charge in [0.25, 0.3) is 0 Å². The van der Waals surface area contributed by atoms with Crippen molar-refractivity contribution in [3.05, 3.63) is 60.7 Å². The Labute approximate surface area is 123 Å². The number of terminal acetylenes is 2. The van der Waals surface area contributed by atoms with Crippen LogP contribution in [0.5, 0.6) is 0 Å². The third kappa shape index (κ3) is 2.14. The molecule has 0 heterocycles. The van der Waals surface area contributed by atoms with Gasteiger partial charge in [0.15, 0.2) is 15.2 Å². The monoisotopic (exact) mass is 290 g/mol. The second-order valence-corrected chi connectivity index (χ2v) is 17.5. The van der Waals surface area contributed by atoms with Crippen molar-refractivity contribution in [2.75, 3.05) is 0 Å². The van der Waals surface area contributed by atoms with Gasteiger partial charge in [0.05, 0.1) is 0 Å². The molecule has 0 nitrogen and oxygen atoms in total. The van der Waals surface area contributed by atoms with E-state index in [9.17, 15) is 0 Å². The molecule has 0 amide bonds. The molecule has 2 aromatic rings. The van der Waals surface area contributed by atoms with Crippen LogP contribution in [0, 0.1) is 23.9 Å². The van der Waals surface area contributed by atoms with Crippen LogP contribution in [-0.2, 0) is 0 Å². The summed E-state index contributed by atoms with van der Waals surface area (Å²) in [5.74, 6) is 0. The Morgan fingerprint density at radius 2 is 0.950 bits per heavy atom. The Balaban J connectivity index is 2.66. The average molecular weight is 291 g/mol. The summed E-state index contributed by atoms with van der Waals surface area (Å²) in [4.78, 5) is 0. The minimum atomic E-state index is -2.16. The Kier molecular flexibility index (Phi) is 4.00. The fraction of sp³-hybridized carbons (Fsp3) is 0.111. The SMILES string of the molecule is C#C[Si@](C)(c1ccccc1)[Si@](C)(C#C)c1ccccc1. The van der Waals surface area contributed by atoms with E-state index in [1.807, 2.05) is 36.4 Å². The molecule has 2 aromatic carbocycles. The number of benzene rings is 2. The molecule has 98 valence electrons. The van der Waals surface area contributed by atoms with Crippen molar-refractivity contribution in [3.8, 4) is 23.9 Å². The maximum absolute atomic E-state index is 5.99. The first-order valence-electron chi connectivity index (χ1n) is 6.65. The lowest BCUT2D eigenvalue weighted by Gasteiger charge is -2.36. The molecule has 0 spiro atoms. The van der Waals surface area contributed by atoms with Crippen LogP contribution in [0.4, 0.5) is 0 Å². The topological polar surface area (TPSA) is 0 Å². The quantitative estimate of drug-likeness (QED) is 0.601. The molecule has 20 heavy (non-hydrogen) atoms. The molecule has 0 radical (unpaired) electrons. The van der Waals surface area contributed by atoms with Gasteiger partial charge in [0, 0.05) is 0 Å². The van der Waals surface area contributed by atoms with Crippen LogP contribution in [-0.4, -0.2) is 15.2 Å². The van der Waals surface area contributed by atoms with Gasteiger partial charge in [-0.1, -0.05) is 73.8 Å². The van der Waals surface area contributed by atoms with Crippen LogP contribution in [0.3, 0.4) is 0 Å². The Bertz CT molecular complexity index is 603. The molecule has 0 N–H and O–H groups in total. The highest BCUT2D eigenvalue weighted by Crippen LogP contribution is 2.18. The summed E-state index contributed by atoms with van der Waals surface area (Å²) in [6, 6.07) is 20.8. The van der Waals surface area contributed by atoms with Crippen molar-refractivity contribution < 1.29 is 0 Å². The van der Waals surface area contributed by atoms with Gasteiger partial charge in [-0.25, -0.2) is 0 Å². The zero-order valence-corrected chi connectivity index (χ0v) is 13.9. The second-order valence-electron chi connectivity index (χ2n) is 5.27. The smallest absolute Gasteiger partial charge is 0.131 e. The van der Waals surface area contributed by atoms with Crippen molar-refractivity contribution in [2.45, 2.75) is 13.1 Å². The summed E-state index contributed by atoms with van der Waals surface area (Å²) in [6.07, 6.45) is 12.0. The van der Waals surface area contributed by atoms with Crippen molar-refractivity contribution in [2.24, 2.45) is 0 Å². The first-order chi connectivity index (χ1) is 9.58. The minimum absolute atomic E-state index is 1.26. The van der Waals surface area contributed by atoms with E-state index in [-0.39, 0.29) is 0 Å². The van der Waals surface area contributed by atoms with Gasteiger partial charge < -0.3 is 0 Å². The van der Waals surface area contributed by atoms with Crippen LogP contribution < -0.4 is 10.4 Å². The zero-order valence-electron chi connectivity index (χ0n) is 11.9. The van der Waals surface area contributed by atoms with Crippen LogP contribution >= 0.6 is 0 Å². The summed E-state index contributed by atoms with van der Waals surface area (Å²) in [7, 11) is -4.33. The molecule has 0 aliphatic carbocycles. The predicted molar refractivity (Wildman–Crippen MR) is 93.1 cm³/mol. The van der Waals surface area contributed by atoms with Gasteiger partial charge in [0.2, 0.25) is 0 Å². The first kappa shape index (κ1) is 14.4. The summed E-state index contributed by atoms with van der Waals surface area (Å²) in [5.41, 5.74) is 6.29. The van der Waals surface area contributed by atoms with E-state index in [4.69, 9.17) is 12.8 Å². The molecule has 0 saturated carbocycles. The molecule has 0 aliphatic heterocycles. The van der Waals surface area contributed by atoms with E-state index in [0.717, 1.165) is 0 Å². The zero-order chi connectivity index (χ0) is 14.6. The highest BCUT2D eigenvalue weighted by atomic mass is 29.3. The lowest BCUT2D eigenvalue weighted by atomic mass is 10.4. The molecule has 0 saturated heterocycles. The van der Waals surface area contributed by atoms with Crippen LogP contribution in [0.25, 0.3) is 0 Å². The largest absolute Gasteiger partial charge is 0.175 e. The van der Waals surface area contributed by atoms with Gasteiger partial charge in [-0.3, -0.25) is 0 Å². The van der Waals surface area contributed by atoms with Gasteiger partial charge in [-0.15, -0.1) is 23.9 Å². The molecule has 0 aromatic heterocycles. The standard InChI is InChI=1S/C18H18Si2/c1-5-19(3,17-13-9-7-10-14-17)20(4,6-2)18-15-11-8-12-16-18/h1-2,7-16H,3-4H3/t19-,20-/m1/s1. The van der Waals surface area contributed by atoms with Crippen LogP contribution in [0.2, 0.25) is 13.1 Å². The summed E-state index contributed by atoms with van der Waals surface area (Å²) in [6.45, 7) is 4.48.